The van der Waals surface area contributed by atoms with Crippen LogP contribution in [0.3, 0.4) is 0 Å². The monoisotopic (exact) mass is 261 g/mol. The highest BCUT2D eigenvalue weighted by molar-refractivity contribution is 5.81. The summed E-state index contributed by atoms with van der Waals surface area (Å²) in [7, 11) is 0. The van der Waals surface area contributed by atoms with E-state index < -0.39 is 0 Å². The summed E-state index contributed by atoms with van der Waals surface area (Å²) < 4.78 is 0. The average molecular weight is 261 g/mol. The Bertz CT molecular complexity index is 433. The topological polar surface area (TPSA) is 54.0 Å². The molecule has 0 spiro atoms. The number of piperidine rings is 1. The number of hydrogen-bond donors (Lipinski definition) is 2. The SMILES string of the molecule is CCc1cccnc1CNC(=O)C1CC(C)CCN1. The molecule has 0 saturated carbocycles. The Morgan fingerprint density at radius 1 is 1.58 bits per heavy atom. The van der Waals surface area contributed by atoms with Gasteiger partial charge in [0.1, 0.15) is 0 Å². The van der Waals surface area contributed by atoms with Crippen LogP contribution in [0.4, 0.5) is 0 Å². The number of rotatable bonds is 4. The third-order valence-electron chi connectivity index (χ3n) is 3.78. The van der Waals surface area contributed by atoms with Crippen LogP contribution >= 0.6 is 0 Å². The number of amides is 1. The predicted molar refractivity (Wildman–Crippen MR) is 75.7 cm³/mol. The Morgan fingerprint density at radius 3 is 3.16 bits per heavy atom. The van der Waals surface area contributed by atoms with Gasteiger partial charge in [-0.15, -0.1) is 0 Å². The van der Waals surface area contributed by atoms with Gasteiger partial charge in [0.2, 0.25) is 5.91 Å². The van der Waals surface area contributed by atoms with Crippen molar-refractivity contribution in [2.24, 2.45) is 5.92 Å². The summed E-state index contributed by atoms with van der Waals surface area (Å²) in [5.74, 6) is 0.720. The first-order valence-electron chi connectivity index (χ1n) is 7.14. The van der Waals surface area contributed by atoms with Crippen LogP contribution in [-0.4, -0.2) is 23.5 Å². The molecule has 2 N–H and O–H groups in total. The van der Waals surface area contributed by atoms with Crippen molar-refractivity contribution in [2.75, 3.05) is 6.54 Å². The molecule has 1 saturated heterocycles. The number of carbonyl (C=O) groups excluding carboxylic acids is 1. The lowest BCUT2D eigenvalue weighted by molar-refractivity contribution is -0.124. The highest BCUT2D eigenvalue weighted by Crippen LogP contribution is 2.15. The second-order valence-corrected chi connectivity index (χ2v) is 5.32. The third-order valence-corrected chi connectivity index (χ3v) is 3.78. The number of hydrogen-bond acceptors (Lipinski definition) is 3. The minimum atomic E-state index is -0.0439. The fourth-order valence-electron chi connectivity index (χ4n) is 2.55. The van der Waals surface area contributed by atoms with Crippen molar-refractivity contribution in [3.63, 3.8) is 0 Å². The molecule has 1 fully saturated rings. The zero-order chi connectivity index (χ0) is 13.7. The van der Waals surface area contributed by atoms with E-state index in [1.165, 1.54) is 5.56 Å². The molecule has 1 aliphatic rings. The number of carbonyl (C=O) groups is 1. The Labute approximate surface area is 115 Å². The molecule has 2 rings (SSSR count). The molecule has 0 radical (unpaired) electrons. The number of nitrogens with one attached hydrogen (secondary N) is 2. The molecular formula is C15H23N3O. The van der Waals surface area contributed by atoms with E-state index in [2.05, 4.69) is 35.5 Å². The van der Waals surface area contributed by atoms with Crippen LogP contribution < -0.4 is 10.6 Å². The van der Waals surface area contributed by atoms with Crippen LogP contribution in [0.5, 0.6) is 0 Å². The van der Waals surface area contributed by atoms with E-state index in [0.717, 1.165) is 31.5 Å². The number of aryl methyl sites for hydroxylation is 1. The first-order chi connectivity index (χ1) is 9.20. The van der Waals surface area contributed by atoms with E-state index in [0.29, 0.717) is 12.5 Å². The van der Waals surface area contributed by atoms with Gasteiger partial charge in [0.15, 0.2) is 0 Å². The van der Waals surface area contributed by atoms with Crippen LogP contribution in [0.25, 0.3) is 0 Å². The molecule has 2 heterocycles. The quantitative estimate of drug-likeness (QED) is 0.866. The fourth-order valence-corrected chi connectivity index (χ4v) is 2.55. The van der Waals surface area contributed by atoms with Crippen molar-refractivity contribution < 1.29 is 4.79 Å². The molecule has 1 aliphatic heterocycles. The fraction of sp³-hybridized carbons (Fsp3) is 0.600. The van der Waals surface area contributed by atoms with Crippen molar-refractivity contribution in [3.8, 4) is 0 Å². The van der Waals surface area contributed by atoms with Gasteiger partial charge in [0, 0.05) is 6.20 Å². The van der Waals surface area contributed by atoms with Gasteiger partial charge in [-0.3, -0.25) is 9.78 Å². The second-order valence-electron chi connectivity index (χ2n) is 5.32. The number of aromatic nitrogens is 1. The molecule has 2 atom stereocenters. The average Bonchev–Trinajstić information content (AvgIpc) is 2.45. The lowest BCUT2D eigenvalue weighted by Crippen LogP contribution is -2.48. The summed E-state index contributed by atoms with van der Waals surface area (Å²) in [4.78, 5) is 16.5. The molecule has 4 nitrogen and oxygen atoms in total. The highest BCUT2D eigenvalue weighted by atomic mass is 16.2. The van der Waals surface area contributed by atoms with Gasteiger partial charge in [-0.2, -0.15) is 0 Å². The molecular weight excluding hydrogens is 238 g/mol. The van der Waals surface area contributed by atoms with Crippen LogP contribution in [0.2, 0.25) is 0 Å². The van der Waals surface area contributed by atoms with Crippen molar-refractivity contribution in [1.82, 2.24) is 15.6 Å². The van der Waals surface area contributed by atoms with Gasteiger partial charge in [-0.05, 0) is 43.4 Å². The van der Waals surface area contributed by atoms with E-state index in [1.807, 2.05) is 6.07 Å². The van der Waals surface area contributed by atoms with Gasteiger partial charge < -0.3 is 10.6 Å². The molecule has 19 heavy (non-hydrogen) atoms. The normalized spacial score (nSPS) is 23.1. The lowest BCUT2D eigenvalue weighted by atomic mass is 9.94. The Hall–Kier alpha value is -1.42. The summed E-state index contributed by atoms with van der Waals surface area (Å²) in [5, 5.41) is 6.28. The van der Waals surface area contributed by atoms with Crippen LogP contribution in [-0.2, 0) is 17.8 Å². The van der Waals surface area contributed by atoms with Crippen molar-refractivity contribution in [1.29, 1.82) is 0 Å². The maximum atomic E-state index is 12.1. The molecule has 0 bridgehead atoms. The van der Waals surface area contributed by atoms with Gasteiger partial charge in [0.25, 0.3) is 0 Å². The summed E-state index contributed by atoms with van der Waals surface area (Å²) in [6.07, 6.45) is 4.80. The maximum Gasteiger partial charge on any atom is 0.237 e. The molecule has 1 aromatic rings. The van der Waals surface area contributed by atoms with Crippen LogP contribution in [0.15, 0.2) is 18.3 Å². The molecule has 104 valence electrons. The van der Waals surface area contributed by atoms with E-state index >= 15 is 0 Å². The Balaban J connectivity index is 1.89. The lowest BCUT2D eigenvalue weighted by Gasteiger charge is -2.27. The number of nitrogens with zero attached hydrogens (tertiary/aromatic N) is 1. The minimum Gasteiger partial charge on any atom is -0.349 e. The summed E-state index contributed by atoms with van der Waals surface area (Å²) in [6.45, 7) is 5.76. The van der Waals surface area contributed by atoms with E-state index in [-0.39, 0.29) is 11.9 Å². The minimum absolute atomic E-state index is 0.0439. The summed E-state index contributed by atoms with van der Waals surface area (Å²) >= 11 is 0. The largest absolute Gasteiger partial charge is 0.349 e. The zero-order valence-electron chi connectivity index (χ0n) is 11.8. The van der Waals surface area contributed by atoms with Crippen molar-refractivity contribution in [3.05, 3.63) is 29.6 Å². The molecule has 0 aromatic carbocycles. The summed E-state index contributed by atoms with van der Waals surface area (Å²) in [5.41, 5.74) is 2.18. The zero-order valence-corrected chi connectivity index (χ0v) is 11.8. The third kappa shape index (κ3) is 3.77. The first-order valence-corrected chi connectivity index (χ1v) is 7.14. The van der Waals surface area contributed by atoms with Crippen molar-refractivity contribution in [2.45, 2.75) is 45.7 Å². The first kappa shape index (κ1) is 14.0. The summed E-state index contributed by atoms with van der Waals surface area (Å²) in [6, 6.07) is 3.96. The molecule has 1 amide bonds. The predicted octanol–water partition coefficient (Wildman–Crippen LogP) is 1.65. The molecule has 2 unspecified atom stereocenters. The number of pyridine rings is 1. The van der Waals surface area contributed by atoms with Gasteiger partial charge in [-0.25, -0.2) is 0 Å². The van der Waals surface area contributed by atoms with E-state index in [9.17, 15) is 4.79 Å². The molecule has 1 aromatic heterocycles. The Kier molecular flexibility index (Phi) is 4.91. The van der Waals surface area contributed by atoms with Crippen molar-refractivity contribution >= 4 is 5.91 Å². The van der Waals surface area contributed by atoms with Gasteiger partial charge in [0.05, 0.1) is 18.3 Å². The van der Waals surface area contributed by atoms with Crippen LogP contribution in [0.1, 0.15) is 37.9 Å². The van der Waals surface area contributed by atoms with E-state index in [4.69, 9.17) is 0 Å². The molecule has 0 aliphatic carbocycles. The van der Waals surface area contributed by atoms with Crippen LogP contribution in [0, 0.1) is 5.92 Å². The standard InChI is InChI=1S/C15H23N3O/c1-3-12-5-4-7-16-14(12)10-18-15(19)13-9-11(2)6-8-17-13/h4-5,7,11,13,17H,3,6,8-10H2,1-2H3,(H,18,19). The van der Waals surface area contributed by atoms with E-state index in [1.54, 1.807) is 6.20 Å². The maximum absolute atomic E-state index is 12.1. The van der Waals surface area contributed by atoms with Gasteiger partial charge >= 0.3 is 0 Å². The smallest absolute Gasteiger partial charge is 0.237 e. The Morgan fingerprint density at radius 2 is 2.42 bits per heavy atom. The second kappa shape index (κ2) is 6.66. The highest BCUT2D eigenvalue weighted by Gasteiger charge is 2.24. The van der Waals surface area contributed by atoms with Gasteiger partial charge in [-0.1, -0.05) is 19.9 Å². The molecule has 4 heteroatoms.